The van der Waals surface area contributed by atoms with Crippen LogP contribution >= 0.6 is 0 Å². The molecule has 5 nitrogen and oxygen atoms in total. The lowest BCUT2D eigenvalue weighted by atomic mass is 10.1. The van der Waals surface area contributed by atoms with Crippen molar-refractivity contribution >= 4 is 11.7 Å². The van der Waals surface area contributed by atoms with Gasteiger partial charge in [-0.15, -0.1) is 0 Å². The van der Waals surface area contributed by atoms with Crippen LogP contribution in [0.2, 0.25) is 0 Å². The first-order valence-corrected chi connectivity index (χ1v) is 8.69. The summed E-state index contributed by atoms with van der Waals surface area (Å²) in [6, 6.07) is 11.4. The van der Waals surface area contributed by atoms with E-state index >= 15 is 0 Å². The van der Waals surface area contributed by atoms with Gasteiger partial charge in [0, 0.05) is 24.8 Å². The molecule has 2 rings (SSSR count). The van der Waals surface area contributed by atoms with Gasteiger partial charge in [0.2, 0.25) is 0 Å². The van der Waals surface area contributed by atoms with E-state index in [-0.39, 0.29) is 5.91 Å². The maximum Gasteiger partial charge on any atom is 0.251 e. The van der Waals surface area contributed by atoms with Gasteiger partial charge in [0.25, 0.3) is 5.91 Å². The highest BCUT2D eigenvalue weighted by Crippen LogP contribution is 2.12. The number of carbonyl (C=O) groups is 1. The Morgan fingerprint density at radius 3 is 2.60 bits per heavy atom. The van der Waals surface area contributed by atoms with E-state index in [1.807, 2.05) is 24.3 Å². The molecule has 1 aromatic heterocycles. The quantitative estimate of drug-likeness (QED) is 0.732. The van der Waals surface area contributed by atoms with Crippen molar-refractivity contribution in [2.75, 3.05) is 25.5 Å². The summed E-state index contributed by atoms with van der Waals surface area (Å²) in [6.45, 7) is 5.81. The zero-order chi connectivity index (χ0) is 18.1. The second-order valence-corrected chi connectivity index (χ2v) is 6.39. The Hall–Kier alpha value is -2.56. The van der Waals surface area contributed by atoms with Gasteiger partial charge < -0.3 is 15.4 Å². The summed E-state index contributed by atoms with van der Waals surface area (Å²) in [5.41, 5.74) is 1.78. The second kappa shape index (κ2) is 9.67. The first-order valence-electron chi connectivity index (χ1n) is 8.69. The number of nitrogens with zero attached hydrogens (tertiary/aromatic N) is 1. The van der Waals surface area contributed by atoms with Crippen molar-refractivity contribution in [3.63, 3.8) is 0 Å². The molecule has 5 heteroatoms. The lowest BCUT2D eigenvalue weighted by molar-refractivity contribution is 0.0954. The molecule has 2 aromatic rings. The first-order chi connectivity index (χ1) is 12.1. The van der Waals surface area contributed by atoms with Gasteiger partial charge in [-0.25, -0.2) is 4.98 Å². The third-order valence-electron chi connectivity index (χ3n) is 3.91. The monoisotopic (exact) mass is 341 g/mol. The summed E-state index contributed by atoms with van der Waals surface area (Å²) < 4.78 is 5.14. The number of carbonyl (C=O) groups excluding carboxylic acids is 1. The summed E-state index contributed by atoms with van der Waals surface area (Å²) in [6.07, 6.45) is 3.51. The average molecular weight is 341 g/mol. The number of rotatable bonds is 9. The van der Waals surface area contributed by atoms with Gasteiger partial charge in [0.1, 0.15) is 11.6 Å². The lowest BCUT2D eigenvalue weighted by Crippen LogP contribution is -2.25. The number of hydrogen-bond acceptors (Lipinski definition) is 4. The van der Waals surface area contributed by atoms with Crippen LogP contribution in [-0.2, 0) is 6.42 Å². The van der Waals surface area contributed by atoms with E-state index in [1.165, 1.54) is 0 Å². The molecule has 1 heterocycles. The van der Waals surface area contributed by atoms with E-state index < -0.39 is 0 Å². The van der Waals surface area contributed by atoms with Crippen molar-refractivity contribution in [2.24, 2.45) is 5.92 Å². The summed E-state index contributed by atoms with van der Waals surface area (Å²) in [7, 11) is 1.65. The fraction of sp³-hybridized carbons (Fsp3) is 0.400. The molecule has 0 fully saturated rings. The number of anilines is 1. The minimum absolute atomic E-state index is 0.0807. The third kappa shape index (κ3) is 6.45. The first kappa shape index (κ1) is 18.8. The summed E-state index contributed by atoms with van der Waals surface area (Å²) in [5.74, 6) is 2.13. The number of amides is 1. The molecule has 1 amide bonds. The molecule has 0 unspecified atom stereocenters. The van der Waals surface area contributed by atoms with E-state index in [2.05, 4.69) is 29.5 Å². The number of benzene rings is 1. The SMILES string of the molecule is COc1ccc(CCNC(=O)c2ccnc(NCCC(C)C)c2)cc1. The van der Waals surface area contributed by atoms with Crippen LogP contribution < -0.4 is 15.4 Å². The van der Waals surface area contributed by atoms with Gasteiger partial charge in [-0.3, -0.25) is 4.79 Å². The van der Waals surface area contributed by atoms with E-state index in [0.29, 0.717) is 18.0 Å². The third-order valence-corrected chi connectivity index (χ3v) is 3.91. The van der Waals surface area contributed by atoms with Crippen LogP contribution in [0.4, 0.5) is 5.82 Å². The Balaban J connectivity index is 1.81. The van der Waals surface area contributed by atoms with E-state index in [9.17, 15) is 4.79 Å². The van der Waals surface area contributed by atoms with Gasteiger partial charge in [-0.05, 0) is 48.6 Å². The van der Waals surface area contributed by atoms with E-state index in [1.54, 1.807) is 25.4 Å². The number of methoxy groups -OCH3 is 1. The van der Waals surface area contributed by atoms with E-state index in [0.717, 1.165) is 36.5 Å². The van der Waals surface area contributed by atoms with Gasteiger partial charge in [-0.1, -0.05) is 26.0 Å². The number of hydrogen-bond donors (Lipinski definition) is 2. The molecule has 0 atom stereocenters. The number of ether oxygens (including phenoxy) is 1. The zero-order valence-corrected chi connectivity index (χ0v) is 15.2. The smallest absolute Gasteiger partial charge is 0.251 e. The van der Waals surface area contributed by atoms with Gasteiger partial charge in [0.15, 0.2) is 0 Å². The Labute approximate surface area is 149 Å². The van der Waals surface area contributed by atoms with E-state index in [4.69, 9.17) is 4.74 Å². The van der Waals surface area contributed by atoms with Crippen molar-refractivity contribution in [3.8, 4) is 5.75 Å². The van der Waals surface area contributed by atoms with Crippen LogP contribution in [0.1, 0.15) is 36.2 Å². The lowest BCUT2D eigenvalue weighted by Gasteiger charge is -2.09. The highest BCUT2D eigenvalue weighted by atomic mass is 16.5. The van der Waals surface area contributed by atoms with Crippen LogP contribution in [0.3, 0.4) is 0 Å². The van der Waals surface area contributed by atoms with Crippen molar-refractivity contribution in [3.05, 3.63) is 53.7 Å². The molecular weight excluding hydrogens is 314 g/mol. The van der Waals surface area contributed by atoms with Crippen molar-refractivity contribution in [1.29, 1.82) is 0 Å². The van der Waals surface area contributed by atoms with Crippen molar-refractivity contribution < 1.29 is 9.53 Å². The van der Waals surface area contributed by atoms with Crippen LogP contribution in [-0.4, -0.2) is 31.1 Å². The Morgan fingerprint density at radius 2 is 1.92 bits per heavy atom. The largest absolute Gasteiger partial charge is 0.497 e. The maximum atomic E-state index is 12.3. The zero-order valence-electron chi connectivity index (χ0n) is 15.2. The van der Waals surface area contributed by atoms with Crippen LogP contribution in [0.25, 0.3) is 0 Å². The average Bonchev–Trinajstić information content (AvgIpc) is 2.62. The Morgan fingerprint density at radius 1 is 1.16 bits per heavy atom. The molecule has 0 radical (unpaired) electrons. The van der Waals surface area contributed by atoms with Gasteiger partial charge >= 0.3 is 0 Å². The summed E-state index contributed by atoms with van der Waals surface area (Å²) in [5, 5.41) is 6.21. The molecule has 1 aromatic carbocycles. The molecule has 0 bridgehead atoms. The normalized spacial score (nSPS) is 10.6. The molecule has 0 saturated carbocycles. The number of aromatic nitrogens is 1. The topological polar surface area (TPSA) is 63.2 Å². The fourth-order valence-electron chi connectivity index (χ4n) is 2.37. The van der Waals surface area contributed by atoms with Crippen LogP contribution in [0.15, 0.2) is 42.6 Å². The molecular formula is C20H27N3O2. The van der Waals surface area contributed by atoms with Gasteiger partial charge in [0.05, 0.1) is 7.11 Å². The van der Waals surface area contributed by atoms with Crippen LogP contribution in [0.5, 0.6) is 5.75 Å². The summed E-state index contributed by atoms with van der Waals surface area (Å²) >= 11 is 0. The Kier molecular flexibility index (Phi) is 7.26. The predicted molar refractivity (Wildman–Crippen MR) is 101 cm³/mol. The maximum absolute atomic E-state index is 12.3. The molecule has 0 saturated heterocycles. The number of pyridine rings is 1. The fourth-order valence-corrected chi connectivity index (χ4v) is 2.37. The molecule has 0 aliphatic heterocycles. The van der Waals surface area contributed by atoms with Gasteiger partial charge in [-0.2, -0.15) is 0 Å². The second-order valence-electron chi connectivity index (χ2n) is 6.39. The molecule has 2 N–H and O–H groups in total. The standard InChI is InChI=1S/C20H27N3O2/c1-15(2)8-11-21-19-14-17(10-13-22-19)20(24)23-12-9-16-4-6-18(25-3)7-5-16/h4-7,10,13-15H,8-9,11-12H2,1-3H3,(H,21,22)(H,23,24). The van der Waals surface area contributed by atoms with Crippen LogP contribution in [0, 0.1) is 5.92 Å². The molecule has 134 valence electrons. The molecule has 25 heavy (non-hydrogen) atoms. The molecule has 0 aliphatic rings. The minimum Gasteiger partial charge on any atom is -0.497 e. The molecule has 0 spiro atoms. The highest BCUT2D eigenvalue weighted by molar-refractivity contribution is 5.94. The number of nitrogens with one attached hydrogen (secondary N) is 2. The minimum atomic E-state index is -0.0807. The molecule has 0 aliphatic carbocycles. The Bertz CT molecular complexity index is 669. The predicted octanol–water partition coefficient (Wildman–Crippen LogP) is 3.52. The summed E-state index contributed by atoms with van der Waals surface area (Å²) in [4.78, 5) is 16.5. The highest BCUT2D eigenvalue weighted by Gasteiger charge is 2.07. The van der Waals surface area contributed by atoms with Crippen molar-refractivity contribution in [1.82, 2.24) is 10.3 Å². The van der Waals surface area contributed by atoms with Crippen molar-refractivity contribution in [2.45, 2.75) is 26.7 Å².